The molecular formula is C71H97FN16O17. The topological polar surface area (TPSA) is 522 Å². The Hall–Kier alpha value is -10.8. The molecule has 11 amide bonds. The number of H-pyrrole nitrogens is 1. The fourth-order valence-electron chi connectivity index (χ4n) is 11.1. The number of ether oxygens (including phenoxy) is 1. The molecule has 0 bridgehead atoms. The smallest absolute Gasteiger partial charge is 0.303 e. The number of aliphatic hydroxyl groups is 2. The number of aliphatic hydroxyl groups excluding tert-OH is 2. The van der Waals surface area contributed by atoms with Crippen LogP contribution in [0, 0.1) is 25.1 Å². The van der Waals surface area contributed by atoms with Crippen molar-refractivity contribution < 1.29 is 87.2 Å². The molecule has 4 aromatic carbocycles. The van der Waals surface area contributed by atoms with E-state index in [9.17, 15) is 72.9 Å². The highest BCUT2D eigenvalue weighted by atomic mass is 19.1. The summed E-state index contributed by atoms with van der Waals surface area (Å²) in [7, 11) is 0. The number of nitrogens with one attached hydrogen (secondary N) is 11. The Balaban J connectivity index is 1.35. The molecule has 0 aliphatic carbocycles. The van der Waals surface area contributed by atoms with Gasteiger partial charge < -0.3 is 79.4 Å². The zero-order valence-electron chi connectivity index (χ0n) is 60.1. The van der Waals surface area contributed by atoms with Crippen molar-refractivity contribution in [3.05, 3.63) is 130 Å². The summed E-state index contributed by atoms with van der Waals surface area (Å²) in [4.78, 5) is 164. The molecule has 33 nitrogen and oxygen atoms in total. The van der Waals surface area contributed by atoms with Gasteiger partial charge in [-0.3, -0.25) is 62.7 Å². The van der Waals surface area contributed by atoms with E-state index < -0.39 is 174 Å². The number of rotatable bonds is 42. The van der Waals surface area contributed by atoms with Gasteiger partial charge in [0, 0.05) is 25.7 Å². The number of aryl methyl sites for hydroxylation is 4. The third kappa shape index (κ3) is 26.1. The number of carbonyl (C=O) groups excluding carboxylic acids is 11. The Labute approximate surface area is 606 Å². The first kappa shape index (κ1) is 84.8. The number of benzene rings is 4. The largest absolute Gasteiger partial charge is 0.494 e. The Morgan fingerprint density at radius 1 is 0.638 bits per heavy atom. The van der Waals surface area contributed by atoms with Crippen LogP contribution in [0.5, 0.6) is 5.75 Å². The highest BCUT2D eigenvalue weighted by molar-refractivity contribution is 6.05. The fourth-order valence-corrected chi connectivity index (χ4v) is 11.1. The van der Waals surface area contributed by atoms with Crippen LogP contribution in [0.3, 0.4) is 0 Å². The summed E-state index contributed by atoms with van der Waals surface area (Å²) in [5.74, 6) is -13.7. The number of nitrogens with two attached hydrogens (primary N) is 2. The molecule has 10 atom stereocenters. The second-order valence-electron chi connectivity index (χ2n) is 26.5. The second kappa shape index (κ2) is 40.3. The monoisotopic (exact) mass is 1460 g/mol. The lowest BCUT2D eigenvalue weighted by atomic mass is 9.90. The molecular weight excluding hydrogens is 1370 g/mol. The van der Waals surface area contributed by atoms with E-state index in [-0.39, 0.29) is 24.2 Å². The van der Waals surface area contributed by atoms with Gasteiger partial charge in [0.25, 0.3) is 5.91 Å². The average Bonchev–Trinajstić information content (AvgIpc) is 1.11. The number of hydrogen-bond acceptors (Lipinski definition) is 20. The zero-order chi connectivity index (χ0) is 77.9. The predicted octanol–water partition coefficient (Wildman–Crippen LogP) is -0.599. The molecule has 0 unspecified atom stereocenters. The van der Waals surface area contributed by atoms with Crippen LogP contribution in [0.25, 0.3) is 11.1 Å². The molecule has 0 aliphatic rings. The van der Waals surface area contributed by atoms with Gasteiger partial charge in [-0.25, -0.2) is 9.87 Å². The summed E-state index contributed by atoms with van der Waals surface area (Å²) in [5.41, 5.74) is 14.7. The molecule has 5 aromatic rings. The maximum atomic E-state index is 15.5. The van der Waals surface area contributed by atoms with Crippen LogP contribution in [0.4, 0.5) is 4.39 Å². The summed E-state index contributed by atoms with van der Waals surface area (Å²) >= 11 is 0. The highest BCUT2D eigenvalue weighted by Crippen LogP contribution is 2.29. The van der Waals surface area contributed by atoms with Gasteiger partial charge in [-0.1, -0.05) is 90.0 Å². The van der Waals surface area contributed by atoms with Crippen LogP contribution in [0.15, 0.2) is 84.9 Å². The van der Waals surface area contributed by atoms with Crippen molar-refractivity contribution in [1.82, 2.24) is 74.0 Å². The van der Waals surface area contributed by atoms with Crippen LogP contribution in [-0.4, -0.2) is 192 Å². The molecule has 0 spiro atoms. The maximum absolute atomic E-state index is 15.5. The van der Waals surface area contributed by atoms with Gasteiger partial charge in [-0.2, -0.15) is 5.21 Å². The van der Waals surface area contributed by atoms with E-state index in [0.29, 0.717) is 43.7 Å². The van der Waals surface area contributed by atoms with Crippen LogP contribution in [-0.2, 0) is 89.6 Å². The molecule has 34 heteroatoms. The number of aromatic amines is 1. The molecule has 5 rings (SSSR count). The maximum Gasteiger partial charge on any atom is 0.303 e. The Bertz CT molecular complexity index is 3840. The molecule has 0 saturated heterocycles. The molecule has 19 N–H and O–H groups in total. The minimum Gasteiger partial charge on any atom is -0.494 e. The molecule has 1 aromatic heterocycles. The van der Waals surface area contributed by atoms with Crippen LogP contribution < -0.4 is 69.5 Å². The lowest BCUT2D eigenvalue weighted by Crippen LogP contribution is -2.66. The van der Waals surface area contributed by atoms with E-state index in [4.69, 9.17) is 21.4 Å². The fraction of sp³-hybridized carbons (Fsp3) is 0.479. The number of carboxylic acids is 1. The predicted molar refractivity (Wildman–Crippen MR) is 377 cm³/mol. The van der Waals surface area contributed by atoms with Crippen molar-refractivity contribution in [3.8, 4) is 16.9 Å². The molecule has 0 fully saturated rings. The first-order valence-electron chi connectivity index (χ1n) is 34.2. The Morgan fingerprint density at radius 2 is 1.27 bits per heavy atom. The van der Waals surface area contributed by atoms with Gasteiger partial charge in [0.15, 0.2) is 5.82 Å². The summed E-state index contributed by atoms with van der Waals surface area (Å²) in [6.07, 6.45) is -2.81. The molecule has 0 saturated carbocycles. The number of primary amides is 1. The minimum atomic E-state index is -2.35. The van der Waals surface area contributed by atoms with E-state index in [0.717, 1.165) is 93.8 Å². The SMILES string of the molecule is CCc1cc(OCCCCN)ccc1-c1ccc(C[C@H](NC(=O)[C@H](CCC(=O)O)NC(=O)[C@H](C)NC(=O)[C@@H](NC(=O)[C@](C)(Cc2ccccc2F)NC(=O)[C@@H](NC(=O)CNC(=O)[C@H](Cc2nn[nH]n2)NC(=O)C(C)(C)C(=O)NO)[C@@H](C)O)[C@@H](C)O)C(=O)N[C@@H](CCCc2cc(C)cc(C)c2)C(N)=O)cc1. The Kier molecular flexibility index (Phi) is 32.5. The number of amides is 11. The van der Waals surface area contributed by atoms with Crippen LogP contribution >= 0.6 is 0 Å². The van der Waals surface area contributed by atoms with Crippen molar-refractivity contribution in [1.29, 1.82) is 0 Å². The molecule has 105 heavy (non-hydrogen) atoms. The lowest BCUT2D eigenvalue weighted by Gasteiger charge is -2.34. The summed E-state index contributed by atoms with van der Waals surface area (Å²) in [6.45, 7) is 12.7. The van der Waals surface area contributed by atoms with E-state index in [2.05, 4.69) is 68.5 Å². The number of carboxylic acid groups (broad SMARTS) is 1. The third-order valence-corrected chi connectivity index (χ3v) is 17.2. The molecule has 0 radical (unpaired) electrons. The van der Waals surface area contributed by atoms with E-state index in [1.54, 1.807) is 12.1 Å². The quantitative estimate of drug-likeness (QED) is 0.0100. The Morgan fingerprint density at radius 3 is 1.87 bits per heavy atom. The zero-order valence-corrected chi connectivity index (χ0v) is 60.1. The number of halogens is 1. The van der Waals surface area contributed by atoms with Crippen molar-refractivity contribution >= 4 is 70.9 Å². The lowest BCUT2D eigenvalue weighted by molar-refractivity contribution is -0.148. The van der Waals surface area contributed by atoms with Crippen molar-refractivity contribution in [2.45, 2.75) is 193 Å². The van der Waals surface area contributed by atoms with E-state index in [1.165, 1.54) is 23.7 Å². The number of hydroxylamine groups is 1. The number of aromatic nitrogens is 4. The van der Waals surface area contributed by atoms with Crippen molar-refractivity contribution in [2.24, 2.45) is 16.9 Å². The summed E-state index contributed by atoms with van der Waals surface area (Å²) < 4.78 is 21.4. The number of carbonyl (C=O) groups is 12. The van der Waals surface area contributed by atoms with Crippen molar-refractivity contribution in [3.63, 3.8) is 0 Å². The number of aliphatic carboxylic acids is 1. The molecule has 570 valence electrons. The number of tetrazole rings is 1. The molecule has 0 aliphatic heterocycles. The minimum absolute atomic E-state index is 0.0933. The third-order valence-electron chi connectivity index (χ3n) is 17.2. The first-order chi connectivity index (χ1) is 49.6. The van der Waals surface area contributed by atoms with Gasteiger partial charge >= 0.3 is 5.97 Å². The number of hydrogen-bond donors (Lipinski definition) is 17. The van der Waals surface area contributed by atoms with Crippen molar-refractivity contribution in [2.75, 3.05) is 19.7 Å². The average molecular weight is 1470 g/mol. The van der Waals surface area contributed by atoms with Crippen LogP contribution in [0.2, 0.25) is 0 Å². The first-order valence-corrected chi connectivity index (χ1v) is 34.2. The van der Waals surface area contributed by atoms with Crippen LogP contribution in [0.1, 0.15) is 126 Å². The molecule has 1 heterocycles. The van der Waals surface area contributed by atoms with Gasteiger partial charge in [-0.15, -0.1) is 10.2 Å². The van der Waals surface area contributed by atoms with Gasteiger partial charge in [0.2, 0.25) is 59.1 Å². The highest BCUT2D eigenvalue weighted by Gasteiger charge is 2.43. The normalized spacial score (nSPS) is 14.4. The van der Waals surface area contributed by atoms with Gasteiger partial charge in [0.05, 0.1) is 25.4 Å². The number of unbranched alkanes of at least 4 members (excludes halogenated alkanes) is 1. The number of nitrogens with zero attached hydrogens (tertiary/aromatic N) is 3. The second-order valence-corrected chi connectivity index (χ2v) is 26.5. The van der Waals surface area contributed by atoms with E-state index in [1.807, 2.05) is 69.3 Å². The summed E-state index contributed by atoms with van der Waals surface area (Å²) in [5, 5.41) is 75.5. The van der Waals surface area contributed by atoms with Gasteiger partial charge in [0.1, 0.15) is 64.8 Å². The summed E-state index contributed by atoms with van der Waals surface area (Å²) in [6, 6.07) is 12.4. The standard InChI is InChI=1S/C71H97FN16O17/c1-10-45-34-48(105-29-14-13-28-73)24-25-49(45)46-22-20-43(21-23-46)33-53(64(98)77-51(60(74)94)19-15-16-44-31-38(2)30-39(3)32-44)79-63(97)52(26-27-57(92)93)78-61(95)40(4)76-65(99)58(41(5)89)82-69(103)71(9,36-47-17-11-12-18-50(47)72)83-66(100)59(42(6)90)81-56(91)37-75-62(96)54(35-55-84-87-88-85-55)80-67(101)70(7,8)68(102)86-104/h11-12,17-18,20-25,30-32,34,40-42,51-54,58-59,89-90,104H,10,13-16,19,26-29,33,35-37,73H2,1-9H3,(H2,74,94)(H,75,96)(H,76,99)(H,77,98)(H,78,95)(H,79,97)(H,80,101)(H,81,91)(H,82,103)(H,83,100)(H,86,102)(H,92,93)(H,84,85,87,88)/t40-,41+,42+,51-,52-,53-,54-,58-,59-,71-/m0/s1. The van der Waals surface area contributed by atoms with Gasteiger partial charge in [-0.05, 0) is 158 Å². The van der Waals surface area contributed by atoms with E-state index >= 15 is 4.39 Å².